The van der Waals surface area contributed by atoms with Crippen molar-refractivity contribution in [3.63, 3.8) is 0 Å². The van der Waals surface area contributed by atoms with Gasteiger partial charge < -0.3 is 10.1 Å². The summed E-state index contributed by atoms with van der Waals surface area (Å²) >= 11 is 0. The number of rotatable bonds is 3. The van der Waals surface area contributed by atoms with E-state index in [2.05, 4.69) is 24.4 Å². The molecule has 0 aromatic rings. The van der Waals surface area contributed by atoms with Crippen LogP contribution in [0.3, 0.4) is 0 Å². The van der Waals surface area contributed by atoms with Gasteiger partial charge in [-0.3, -0.25) is 0 Å². The molecule has 0 saturated heterocycles. The molecular weight excluding hydrogens is 150 g/mol. The van der Waals surface area contributed by atoms with E-state index < -0.39 is 0 Å². The smallest absolute Gasteiger partial charge is 0.116 e. The molecule has 1 unspecified atom stereocenters. The first-order valence-corrected chi connectivity index (χ1v) is 4.45. The second kappa shape index (κ2) is 4.99. The molecule has 12 heavy (non-hydrogen) atoms. The minimum atomic E-state index is 0.295. The zero-order valence-corrected chi connectivity index (χ0v) is 7.84. The van der Waals surface area contributed by atoms with Gasteiger partial charge in [0.25, 0.3) is 0 Å². The van der Waals surface area contributed by atoms with Crippen molar-refractivity contribution in [3.05, 3.63) is 24.0 Å². The average molecular weight is 167 g/mol. The maximum Gasteiger partial charge on any atom is 0.116 e. The summed E-state index contributed by atoms with van der Waals surface area (Å²) in [6.45, 7) is 3.07. The van der Waals surface area contributed by atoms with Gasteiger partial charge in [0.15, 0.2) is 0 Å². The first kappa shape index (κ1) is 9.33. The third-order valence-corrected chi connectivity index (χ3v) is 1.89. The molecule has 0 aliphatic carbocycles. The maximum absolute atomic E-state index is 5.41. The van der Waals surface area contributed by atoms with Gasteiger partial charge in [-0.05, 0) is 39.0 Å². The number of hydrogen-bond donors (Lipinski definition) is 1. The van der Waals surface area contributed by atoms with Crippen LogP contribution in [-0.2, 0) is 4.74 Å². The molecule has 1 aliphatic heterocycles. The number of hydrogen-bond acceptors (Lipinski definition) is 2. The molecule has 0 aromatic heterocycles. The van der Waals surface area contributed by atoms with Crippen LogP contribution in [0.25, 0.3) is 0 Å². The molecule has 1 atom stereocenters. The van der Waals surface area contributed by atoms with E-state index in [-0.39, 0.29) is 0 Å². The summed E-state index contributed by atoms with van der Waals surface area (Å²) in [4.78, 5) is 0. The minimum absolute atomic E-state index is 0.295. The van der Waals surface area contributed by atoms with Crippen molar-refractivity contribution in [2.45, 2.75) is 25.9 Å². The highest BCUT2D eigenvalue weighted by Crippen LogP contribution is 2.12. The SMILES string of the molecule is CNCC(C)=CC1CCC=CO1. The van der Waals surface area contributed by atoms with Gasteiger partial charge in [-0.2, -0.15) is 0 Å². The summed E-state index contributed by atoms with van der Waals surface area (Å²) in [7, 11) is 1.96. The lowest BCUT2D eigenvalue weighted by Gasteiger charge is -2.16. The van der Waals surface area contributed by atoms with Gasteiger partial charge in [0, 0.05) is 6.54 Å². The molecule has 0 amide bonds. The van der Waals surface area contributed by atoms with E-state index in [1.54, 1.807) is 6.26 Å². The van der Waals surface area contributed by atoms with E-state index in [1.807, 2.05) is 7.05 Å². The topological polar surface area (TPSA) is 21.3 Å². The molecule has 2 nitrogen and oxygen atoms in total. The maximum atomic E-state index is 5.41. The molecular formula is C10H17NO. The third-order valence-electron chi connectivity index (χ3n) is 1.89. The summed E-state index contributed by atoms with van der Waals surface area (Å²) < 4.78 is 5.41. The lowest BCUT2D eigenvalue weighted by molar-refractivity contribution is 0.164. The summed E-state index contributed by atoms with van der Waals surface area (Å²) in [5, 5.41) is 3.12. The van der Waals surface area contributed by atoms with Gasteiger partial charge in [-0.1, -0.05) is 5.57 Å². The van der Waals surface area contributed by atoms with E-state index in [9.17, 15) is 0 Å². The number of allylic oxidation sites excluding steroid dienone is 1. The monoisotopic (exact) mass is 167 g/mol. The van der Waals surface area contributed by atoms with Gasteiger partial charge >= 0.3 is 0 Å². The van der Waals surface area contributed by atoms with E-state index >= 15 is 0 Å². The molecule has 0 spiro atoms. The molecule has 0 aromatic carbocycles. The number of nitrogens with one attached hydrogen (secondary N) is 1. The van der Waals surface area contributed by atoms with E-state index in [0.29, 0.717) is 6.10 Å². The zero-order chi connectivity index (χ0) is 8.81. The first-order valence-electron chi connectivity index (χ1n) is 4.45. The summed E-state index contributed by atoms with van der Waals surface area (Å²) in [5.41, 5.74) is 1.35. The number of likely N-dealkylation sites (N-methyl/N-ethyl adjacent to an activating group) is 1. The van der Waals surface area contributed by atoms with Crippen molar-refractivity contribution in [2.24, 2.45) is 0 Å². The minimum Gasteiger partial charge on any atom is -0.494 e. The van der Waals surface area contributed by atoms with Crippen molar-refractivity contribution in [1.29, 1.82) is 0 Å². The van der Waals surface area contributed by atoms with Crippen LogP contribution in [0.2, 0.25) is 0 Å². The highest BCUT2D eigenvalue weighted by molar-refractivity contribution is 5.05. The predicted octanol–water partition coefficient (Wildman–Crippen LogP) is 1.84. The van der Waals surface area contributed by atoms with Crippen LogP contribution in [-0.4, -0.2) is 19.7 Å². The highest BCUT2D eigenvalue weighted by Gasteiger charge is 2.06. The normalized spacial score (nSPS) is 23.8. The second-order valence-corrected chi connectivity index (χ2v) is 3.17. The molecule has 0 bridgehead atoms. The fourth-order valence-corrected chi connectivity index (χ4v) is 1.33. The molecule has 1 N–H and O–H groups in total. The Hall–Kier alpha value is -0.760. The van der Waals surface area contributed by atoms with Crippen LogP contribution >= 0.6 is 0 Å². The fraction of sp³-hybridized carbons (Fsp3) is 0.600. The Morgan fingerprint density at radius 1 is 1.75 bits per heavy atom. The third kappa shape index (κ3) is 3.09. The lowest BCUT2D eigenvalue weighted by atomic mass is 10.1. The Morgan fingerprint density at radius 3 is 3.17 bits per heavy atom. The fourth-order valence-electron chi connectivity index (χ4n) is 1.33. The van der Waals surface area contributed by atoms with Crippen molar-refractivity contribution < 1.29 is 4.74 Å². The molecule has 68 valence electrons. The highest BCUT2D eigenvalue weighted by atomic mass is 16.5. The van der Waals surface area contributed by atoms with E-state index in [0.717, 1.165) is 19.4 Å². The summed E-state index contributed by atoms with van der Waals surface area (Å²) in [6.07, 6.45) is 8.60. The molecule has 2 heteroatoms. The van der Waals surface area contributed by atoms with Gasteiger partial charge in [0.2, 0.25) is 0 Å². The standard InChI is InChI=1S/C10H17NO/c1-9(8-11-2)7-10-5-3-4-6-12-10/h4,6-7,10-11H,3,5,8H2,1-2H3. The van der Waals surface area contributed by atoms with Crippen molar-refractivity contribution in [3.8, 4) is 0 Å². The molecule has 0 fully saturated rings. The summed E-state index contributed by atoms with van der Waals surface area (Å²) in [6, 6.07) is 0. The molecule has 1 aliphatic rings. The molecule has 1 heterocycles. The van der Waals surface area contributed by atoms with Crippen molar-refractivity contribution >= 4 is 0 Å². The van der Waals surface area contributed by atoms with E-state index in [4.69, 9.17) is 4.74 Å². The molecule has 0 saturated carbocycles. The number of ether oxygens (including phenoxy) is 1. The Morgan fingerprint density at radius 2 is 2.58 bits per heavy atom. The lowest BCUT2D eigenvalue weighted by Crippen LogP contribution is -2.14. The van der Waals surface area contributed by atoms with Crippen LogP contribution in [0, 0.1) is 0 Å². The van der Waals surface area contributed by atoms with Gasteiger partial charge in [0.1, 0.15) is 6.10 Å². The first-order chi connectivity index (χ1) is 5.83. The quantitative estimate of drug-likeness (QED) is 0.648. The van der Waals surface area contributed by atoms with Gasteiger partial charge in [0.05, 0.1) is 6.26 Å². The van der Waals surface area contributed by atoms with Gasteiger partial charge in [-0.25, -0.2) is 0 Å². The largest absolute Gasteiger partial charge is 0.494 e. The van der Waals surface area contributed by atoms with Gasteiger partial charge in [-0.15, -0.1) is 0 Å². The molecule has 0 radical (unpaired) electrons. The Bertz CT molecular complexity index is 184. The average Bonchev–Trinajstić information content (AvgIpc) is 2.06. The Balaban J connectivity index is 2.37. The van der Waals surface area contributed by atoms with Crippen LogP contribution in [0.5, 0.6) is 0 Å². The van der Waals surface area contributed by atoms with E-state index in [1.165, 1.54) is 5.57 Å². The van der Waals surface area contributed by atoms with Crippen LogP contribution < -0.4 is 5.32 Å². The summed E-state index contributed by atoms with van der Waals surface area (Å²) in [5.74, 6) is 0. The van der Waals surface area contributed by atoms with Crippen LogP contribution in [0.1, 0.15) is 19.8 Å². The predicted molar refractivity (Wildman–Crippen MR) is 50.9 cm³/mol. The Labute approximate surface area is 74.3 Å². The van der Waals surface area contributed by atoms with Crippen molar-refractivity contribution in [2.75, 3.05) is 13.6 Å². The zero-order valence-electron chi connectivity index (χ0n) is 7.84. The molecule has 1 rings (SSSR count). The van der Waals surface area contributed by atoms with Crippen LogP contribution in [0.4, 0.5) is 0 Å². The van der Waals surface area contributed by atoms with Crippen LogP contribution in [0.15, 0.2) is 24.0 Å². The Kier molecular flexibility index (Phi) is 3.88. The second-order valence-electron chi connectivity index (χ2n) is 3.17. The van der Waals surface area contributed by atoms with Crippen molar-refractivity contribution in [1.82, 2.24) is 5.32 Å².